The molecule has 2 aromatic carbocycles. The highest BCUT2D eigenvalue weighted by molar-refractivity contribution is 5.72. The minimum absolute atomic E-state index is 0.0358. The van der Waals surface area contributed by atoms with Crippen molar-refractivity contribution in [3.63, 3.8) is 0 Å². The molecule has 0 aliphatic heterocycles. The fourth-order valence-electron chi connectivity index (χ4n) is 2.43. The van der Waals surface area contributed by atoms with Crippen molar-refractivity contribution < 1.29 is 31.5 Å². The second kappa shape index (κ2) is 8.15. The maximum Gasteiger partial charge on any atom is 0.311 e. The largest absolute Gasteiger partial charge is 0.420 e. The monoisotopic (exact) mass is 397 g/mol. The molecule has 146 valence electrons. The minimum atomic E-state index is -2.33. The second-order valence-corrected chi connectivity index (χ2v) is 5.74. The molecular weight excluding hydrogens is 385 g/mol. The molecule has 0 radical (unpaired) electrons. The lowest BCUT2D eigenvalue weighted by Gasteiger charge is -2.09. The fourth-order valence-corrected chi connectivity index (χ4v) is 2.43. The number of hydrogen-bond donors (Lipinski definition) is 0. The summed E-state index contributed by atoms with van der Waals surface area (Å²) in [5.41, 5.74) is 1.46. The number of ether oxygens (including phenoxy) is 1. The van der Waals surface area contributed by atoms with Crippen LogP contribution in [0.3, 0.4) is 0 Å². The summed E-state index contributed by atoms with van der Waals surface area (Å²) in [4.78, 5) is 11.8. The molecule has 0 N–H and O–H groups in total. The predicted octanol–water partition coefficient (Wildman–Crippen LogP) is 3.56. The van der Waals surface area contributed by atoms with Crippen LogP contribution < -0.4 is 4.74 Å². The highest BCUT2D eigenvalue weighted by atomic mass is 19.2. The average Bonchev–Trinajstić information content (AvgIpc) is 3.14. The number of carbonyl (C=O) groups excluding carboxylic acids is 1. The van der Waals surface area contributed by atoms with E-state index in [1.54, 1.807) is 0 Å². The Morgan fingerprint density at radius 3 is 2.18 bits per heavy atom. The third-order valence-electron chi connectivity index (χ3n) is 3.84. The Labute approximate surface area is 155 Å². The fraction of sp³-hybridized carbons (Fsp3) is 0.167. The molecule has 0 unspecified atom stereocenters. The first-order valence-electron chi connectivity index (χ1n) is 8.02. The van der Waals surface area contributed by atoms with E-state index in [1.807, 2.05) is 30.3 Å². The summed E-state index contributed by atoms with van der Waals surface area (Å²) in [5.74, 6) is -13.9. The molecule has 0 saturated carbocycles. The Bertz CT molecular complexity index is 979. The molecule has 5 nitrogen and oxygen atoms in total. The molecule has 1 aromatic heterocycles. The van der Waals surface area contributed by atoms with E-state index >= 15 is 0 Å². The molecule has 1 heterocycles. The first-order valence-corrected chi connectivity index (χ1v) is 8.02. The number of hydrogen-bond acceptors (Lipinski definition) is 4. The zero-order valence-corrected chi connectivity index (χ0v) is 14.1. The van der Waals surface area contributed by atoms with Gasteiger partial charge in [-0.3, -0.25) is 4.79 Å². The van der Waals surface area contributed by atoms with Crippen LogP contribution in [0.4, 0.5) is 22.0 Å². The quantitative estimate of drug-likeness (QED) is 0.210. The van der Waals surface area contributed by atoms with E-state index in [1.165, 1.54) is 10.9 Å². The molecule has 3 aromatic rings. The zero-order chi connectivity index (χ0) is 20.3. The van der Waals surface area contributed by atoms with Gasteiger partial charge < -0.3 is 4.74 Å². The SMILES string of the molecule is O=C(CCc1cnnn1Cc1ccccc1)Oc1c(F)c(F)c(F)c(F)c1F. The highest BCUT2D eigenvalue weighted by Crippen LogP contribution is 2.29. The average molecular weight is 397 g/mol. The van der Waals surface area contributed by atoms with Crippen molar-refractivity contribution in [1.82, 2.24) is 15.0 Å². The van der Waals surface area contributed by atoms with E-state index in [-0.39, 0.29) is 12.8 Å². The van der Waals surface area contributed by atoms with E-state index in [2.05, 4.69) is 15.0 Å². The van der Waals surface area contributed by atoms with Gasteiger partial charge in [-0.2, -0.15) is 8.78 Å². The number of halogens is 5. The standard InChI is InChI=1S/C18H12F5N3O2/c19-13-14(20)16(22)18(17(23)15(13)21)28-12(27)7-6-11-8-24-25-26(11)9-10-4-2-1-3-5-10/h1-5,8H,6-7,9H2. The van der Waals surface area contributed by atoms with Crippen LogP contribution in [0.25, 0.3) is 0 Å². The predicted molar refractivity (Wildman–Crippen MR) is 85.8 cm³/mol. The molecule has 0 aliphatic carbocycles. The van der Waals surface area contributed by atoms with Crippen molar-refractivity contribution >= 4 is 5.97 Å². The normalized spacial score (nSPS) is 10.9. The van der Waals surface area contributed by atoms with Crippen LogP contribution in [0.1, 0.15) is 17.7 Å². The van der Waals surface area contributed by atoms with Crippen LogP contribution in [-0.2, 0) is 17.8 Å². The van der Waals surface area contributed by atoms with E-state index in [4.69, 9.17) is 0 Å². The number of rotatable bonds is 6. The van der Waals surface area contributed by atoms with Crippen molar-refractivity contribution in [2.24, 2.45) is 0 Å². The van der Waals surface area contributed by atoms with Crippen molar-refractivity contribution in [2.45, 2.75) is 19.4 Å². The van der Waals surface area contributed by atoms with Gasteiger partial charge in [0, 0.05) is 6.42 Å². The van der Waals surface area contributed by atoms with Gasteiger partial charge in [0.2, 0.25) is 34.8 Å². The van der Waals surface area contributed by atoms with Crippen LogP contribution in [0, 0.1) is 29.1 Å². The van der Waals surface area contributed by atoms with Gasteiger partial charge in [0.1, 0.15) is 0 Å². The van der Waals surface area contributed by atoms with E-state index in [0.717, 1.165) is 5.56 Å². The third kappa shape index (κ3) is 4.00. The van der Waals surface area contributed by atoms with Crippen LogP contribution in [-0.4, -0.2) is 21.0 Å². The van der Waals surface area contributed by atoms with E-state index < -0.39 is 40.8 Å². The Morgan fingerprint density at radius 2 is 1.54 bits per heavy atom. The molecule has 0 saturated heterocycles. The number of esters is 1. The molecule has 3 rings (SSSR count). The number of aromatic nitrogens is 3. The first-order chi connectivity index (χ1) is 13.4. The van der Waals surface area contributed by atoms with Crippen molar-refractivity contribution in [1.29, 1.82) is 0 Å². The summed E-state index contributed by atoms with van der Waals surface area (Å²) in [7, 11) is 0. The van der Waals surface area contributed by atoms with Crippen molar-refractivity contribution in [3.8, 4) is 5.75 Å². The topological polar surface area (TPSA) is 57.0 Å². The summed E-state index contributed by atoms with van der Waals surface area (Å²) in [5, 5.41) is 7.63. The van der Waals surface area contributed by atoms with Gasteiger partial charge in [-0.15, -0.1) is 5.10 Å². The maximum absolute atomic E-state index is 13.6. The third-order valence-corrected chi connectivity index (χ3v) is 3.84. The summed E-state index contributed by atoms with van der Waals surface area (Å²) in [6, 6.07) is 9.26. The molecule has 10 heteroatoms. The van der Waals surface area contributed by atoms with Crippen LogP contribution in [0.5, 0.6) is 5.75 Å². The van der Waals surface area contributed by atoms with Crippen molar-refractivity contribution in [3.05, 3.63) is 76.9 Å². The van der Waals surface area contributed by atoms with Gasteiger partial charge in [0.05, 0.1) is 24.9 Å². The molecule has 0 fully saturated rings. The first kappa shape index (κ1) is 19.5. The number of aryl methyl sites for hydroxylation is 1. The molecule has 28 heavy (non-hydrogen) atoms. The number of carbonyl (C=O) groups is 1. The number of nitrogens with zero attached hydrogens (tertiary/aromatic N) is 3. The van der Waals surface area contributed by atoms with Crippen LogP contribution in [0.15, 0.2) is 36.5 Å². The molecule has 0 aliphatic rings. The van der Waals surface area contributed by atoms with Gasteiger partial charge >= 0.3 is 5.97 Å². The summed E-state index contributed by atoms with van der Waals surface area (Å²) in [6.07, 6.45) is 1.05. The summed E-state index contributed by atoms with van der Waals surface area (Å²) in [6.45, 7) is 0.378. The minimum Gasteiger partial charge on any atom is -0.420 e. The van der Waals surface area contributed by atoms with Crippen LogP contribution >= 0.6 is 0 Å². The maximum atomic E-state index is 13.6. The van der Waals surface area contributed by atoms with Gasteiger partial charge in [-0.25, -0.2) is 17.9 Å². The second-order valence-electron chi connectivity index (χ2n) is 5.74. The van der Waals surface area contributed by atoms with Gasteiger partial charge in [0.25, 0.3) is 0 Å². The van der Waals surface area contributed by atoms with Crippen LogP contribution in [0.2, 0.25) is 0 Å². The lowest BCUT2D eigenvalue weighted by molar-refractivity contribution is -0.134. The molecule has 0 amide bonds. The highest BCUT2D eigenvalue weighted by Gasteiger charge is 2.28. The molecular formula is C18H12F5N3O2. The number of benzene rings is 2. The zero-order valence-electron chi connectivity index (χ0n) is 14.1. The Kier molecular flexibility index (Phi) is 5.67. The summed E-state index contributed by atoms with van der Waals surface area (Å²) < 4.78 is 72.3. The van der Waals surface area contributed by atoms with Gasteiger partial charge in [-0.05, 0) is 5.56 Å². The molecule has 0 atom stereocenters. The Morgan fingerprint density at radius 1 is 0.929 bits per heavy atom. The van der Waals surface area contributed by atoms with Crippen molar-refractivity contribution in [2.75, 3.05) is 0 Å². The summed E-state index contributed by atoms with van der Waals surface area (Å²) >= 11 is 0. The Balaban J connectivity index is 1.67. The Hall–Kier alpha value is -3.30. The van der Waals surface area contributed by atoms with Gasteiger partial charge in [0.15, 0.2) is 0 Å². The van der Waals surface area contributed by atoms with E-state index in [0.29, 0.717) is 12.2 Å². The lowest BCUT2D eigenvalue weighted by atomic mass is 10.2. The lowest BCUT2D eigenvalue weighted by Crippen LogP contribution is -2.15. The van der Waals surface area contributed by atoms with Gasteiger partial charge in [-0.1, -0.05) is 35.5 Å². The molecule has 0 bridgehead atoms. The molecule has 0 spiro atoms. The van der Waals surface area contributed by atoms with E-state index in [9.17, 15) is 26.7 Å². The smallest absolute Gasteiger partial charge is 0.311 e.